The molecule has 0 spiro atoms. The van der Waals surface area contributed by atoms with Crippen molar-refractivity contribution in [2.45, 2.75) is 6.92 Å². The van der Waals surface area contributed by atoms with Crippen LogP contribution in [0.3, 0.4) is 0 Å². The lowest BCUT2D eigenvalue weighted by Gasteiger charge is -2.26. The molecule has 11 heteroatoms. The fourth-order valence-electron chi connectivity index (χ4n) is 4.16. The van der Waals surface area contributed by atoms with Gasteiger partial charge >= 0.3 is 6.09 Å². The number of pyridine rings is 2. The van der Waals surface area contributed by atoms with Gasteiger partial charge in [0.1, 0.15) is 0 Å². The third-order valence-electron chi connectivity index (χ3n) is 6.11. The Morgan fingerprint density at radius 3 is 2.65 bits per heavy atom. The number of H-pyrrole nitrogens is 1. The van der Waals surface area contributed by atoms with Gasteiger partial charge in [0.05, 0.1) is 42.1 Å². The van der Waals surface area contributed by atoms with Crippen molar-refractivity contribution in [1.29, 1.82) is 0 Å². The van der Waals surface area contributed by atoms with Crippen LogP contribution in [0.25, 0.3) is 33.4 Å². The normalized spacial score (nSPS) is 13.5. The van der Waals surface area contributed by atoms with Gasteiger partial charge < -0.3 is 23.9 Å². The standard InChI is InChI=1S/C26H26N6O5/c1-3-37-26(35)30-25-28-21-13-18(16-6-7-31(2)22(33)14-16)12-19(23(21)29-25)20-5-4-17(15-27-20)24(34)32-8-10-36-11-9-32/h4-7,12-15H,3,8-11H2,1-2H3,(H2,28,29,30,35). The number of benzene rings is 1. The second-order valence-electron chi connectivity index (χ2n) is 8.55. The third kappa shape index (κ3) is 5.07. The summed E-state index contributed by atoms with van der Waals surface area (Å²) in [7, 11) is 1.69. The number of carbonyl (C=O) groups excluding carboxylic acids is 2. The molecular weight excluding hydrogens is 476 g/mol. The highest BCUT2D eigenvalue weighted by atomic mass is 16.5. The maximum atomic E-state index is 12.8. The molecule has 1 fully saturated rings. The SMILES string of the molecule is CCOC(=O)Nc1nc2cc(-c3ccn(C)c(=O)c3)cc(-c3ccc(C(=O)N4CCOCC4)cn3)c2[nH]1. The quantitative estimate of drug-likeness (QED) is 0.429. The zero-order valence-electron chi connectivity index (χ0n) is 20.5. The second kappa shape index (κ2) is 10.2. The first-order chi connectivity index (χ1) is 17.9. The molecule has 11 nitrogen and oxygen atoms in total. The summed E-state index contributed by atoms with van der Waals surface area (Å²) in [6, 6.07) is 10.6. The summed E-state index contributed by atoms with van der Waals surface area (Å²) in [6.45, 7) is 4.07. The maximum Gasteiger partial charge on any atom is 0.413 e. The molecule has 190 valence electrons. The molecule has 0 unspecified atom stereocenters. The van der Waals surface area contributed by atoms with Gasteiger partial charge in [-0.3, -0.25) is 19.9 Å². The Morgan fingerprint density at radius 1 is 1.14 bits per heavy atom. The number of imidazole rings is 1. The fraction of sp³-hybridized carbons (Fsp3) is 0.269. The molecule has 1 aliphatic heterocycles. The van der Waals surface area contributed by atoms with Gasteiger partial charge in [0.15, 0.2) is 0 Å². The van der Waals surface area contributed by atoms with Gasteiger partial charge in [-0.15, -0.1) is 0 Å². The summed E-state index contributed by atoms with van der Waals surface area (Å²) in [5, 5.41) is 2.59. The van der Waals surface area contributed by atoms with Crippen LogP contribution in [-0.2, 0) is 16.5 Å². The lowest BCUT2D eigenvalue weighted by atomic mass is 10.00. The Kier molecular flexibility index (Phi) is 6.69. The number of aromatic nitrogens is 4. The molecule has 1 aromatic carbocycles. The number of amides is 2. The van der Waals surface area contributed by atoms with Crippen LogP contribution >= 0.6 is 0 Å². The van der Waals surface area contributed by atoms with Gasteiger partial charge in [0, 0.05) is 44.2 Å². The largest absolute Gasteiger partial charge is 0.450 e. The van der Waals surface area contributed by atoms with Gasteiger partial charge in [-0.2, -0.15) is 0 Å². The number of anilines is 1. The lowest BCUT2D eigenvalue weighted by Crippen LogP contribution is -2.40. The highest BCUT2D eigenvalue weighted by Crippen LogP contribution is 2.33. The van der Waals surface area contributed by atoms with E-state index >= 15 is 0 Å². The van der Waals surface area contributed by atoms with E-state index in [1.165, 1.54) is 4.57 Å². The number of hydrogen-bond acceptors (Lipinski definition) is 7. The van der Waals surface area contributed by atoms with E-state index in [2.05, 4.69) is 20.3 Å². The molecule has 0 atom stereocenters. The Hall–Kier alpha value is -4.51. The Labute approximate surface area is 212 Å². The zero-order chi connectivity index (χ0) is 25.9. The predicted molar refractivity (Wildman–Crippen MR) is 137 cm³/mol. The number of hydrogen-bond donors (Lipinski definition) is 2. The predicted octanol–water partition coefficient (Wildman–Crippen LogP) is 3.03. The summed E-state index contributed by atoms with van der Waals surface area (Å²) in [5.41, 5.74) is 4.31. The van der Waals surface area contributed by atoms with Crippen LogP contribution in [0.1, 0.15) is 17.3 Å². The van der Waals surface area contributed by atoms with E-state index in [1.54, 1.807) is 49.5 Å². The number of ether oxygens (including phenoxy) is 2. The summed E-state index contributed by atoms with van der Waals surface area (Å²) in [6.07, 6.45) is 2.63. The van der Waals surface area contributed by atoms with Crippen LogP contribution in [-0.4, -0.2) is 69.3 Å². The van der Waals surface area contributed by atoms with Crippen molar-refractivity contribution in [3.8, 4) is 22.4 Å². The molecule has 37 heavy (non-hydrogen) atoms. The Balaban J connectivity index is 1.56. The highest BCUT2D eigenvalue weighted by Gasteiger charge is 2.20. The number of aryl methyl sites for hydroxylation is 1. The van der Waals surface area contributed by atoms with E-state index in [0.717, 1.165) is 5.56 Å². The lowest BCUT2D eigenvalue weighted by molar-refractivity contribution is 0.0302. The number of morpholine rings is 1. The first-order valence-electron chi connectivity index (χ1n) is 11.9. The minimum absolute atomic E-state index is 0.0937. The molecule has 5 rings (SSSR count). The average molecular weight is 503 g/mol. The van der Waals surface area contributed by atoms with E-state index in [4.69, 9.17) is 9.47 Å². The molecule has 0 aliphatic carbocycles. The topological polar surface area (TPSA) is 131 Å². The molecule has 3 aromatic heterocycles. The molecular formula is C26H26N6O5. The van der Waals surface area contributed by atoms with Gasteiger partial charge in [0.2, 0.25) is 5.95 Å². The molecule has 1 aliphatic rings. The minimum atomic E-state index is -0.626. The first-order valence-corrected chi connectivity index (χ1v) is 11.9. The van der Waals surface area contributed by atoms with Crippen LogP contribution in [0.15, 0.2) is 53.6 Å². The van der Waals surface area contributed by atoms with E-state index in [9.17, 15) is 14.4 Å². The molecule has 0 bridgehead atoms. The van der Waals surface area contributed by atoms with Gasteiger partial charge in [-0.25, -0.2) is 9.78 Å². The summed E-state index contributed by atoms with van der Waals surface area (Å²) < 4.78 is 11.8. The third-order valence-corrected chi connectivity index (χ3v) is 6.11. The van der Waals surface area contributed by atoms with Crippen molar-refractivity contribution >= 4 is 29.0 Å². The molecule has 4 heterocycles. The highest BCUT2D eigenvalue weighted by molar-refractivity contribution is 5.98. The van der Waals surface area contributed by atoms with E-state index < -0.39 is 6.09 Å². The fourth-order valence-corrected chi connectivity index (χ4v) is 4.16. The van der Waals surface area contributed by atoms with Crippen molar-refractivity contribution in [2.75, 3.05) is 38.2 Å². The van der Waals surface area contributed by atoms with E-state index in [1.807, 2.05) is 18.2 Å². The molecule has 0 saturated carbocycles. The van der Waals surface area contributed by atoms with Crippen LogP contribution in [0.5, 0.6) is 0 Å². The van der Waals surface area contributed by atoms with Crippen molar-refractivity contribution in [1.82, 2.24) is 24.4 Å². The smallest absolute Gasteiger partial charge is 0.413 e. The summed E-state index contributed by atoms with van der Waals surface area (Å²) in [5.74, 6) is 0.124. The van der Waals surface area contributed by atoms with E-state index in [-0.39, 0.29) is 24.0 Å². The summed E-state index contributed by atoms with van der Waals surface area (Å²) in [4.78, 5) is 51.0. The number of nitrogens with one attached hydrogen (secondary N) is 2. The van der Waals surface area contributed by atoms with Crippen molar-refractivity contribution in [2.24, 2.45) is 7.05 Å². The maximum absolute atomic E-state index is 12.8. The number of fused-ring (bicyclic) bond motifs is 1. The van der Waals surface area contributed by atoms with Crippen LogP contribution < -0.4 is 10.9 Å². The second-order valence-corrected chi connectivity index (χ2v) is 8.55. The molecule has 2 amide bonds. The van der Waals surface area contributed by atoms with E-state index in [0.29, 0.717) is 59.7 Å². The first kappa shape index (κ1) is 24.2. The van der Waals surface area contributed by atoms with Crippen LogP contribution in [0.4, 0.5) is 10.7 Å². The number of carbonyl (C=O) groups is 2. The molecule has 4 aromatic rings. The van der Waals surface area contributed by atoms with Crippen LogP contribution in [0, 0.1) is 0 Å². The van der Waals surface area contributed by atoms with Gasteiger partial charge in [-0.05, 0) is 48.4 Å². The molecule has 0 radical (unpaired) electrons. The number of rotatable bonds is 5. The monoisotopic (exact) mass is 502 g/mol. The van der Waals surface area contributed by atoms with Crippen molar-refractivity contribution in [3.63, 3.8) is 0 Å². The molecule has 1 saturated heterocycles. The average Bonchev–Trinajstić information content (AvgIpc) is 3.32. The zero-order valence-corrected chi connectivity index (χ0v) is 20.5. The Bertz CT molecular complexity index is 1520. The minimum Gasteiger partial charge on any atom is -0.450 e. The van der Waals surface area contributed by atoms with Crippen molar-refractivity contribution in [3.05, 3.63) is 64.7 Å². The van der Waals surface area contributed by atoms with Gasteiger partial charge in [-0.1, -0.05) is 0 Å². The molecule has 2 N–H and O–H groups in total. The van der Waals surface area contributed by atoms with Crippen LogP contribution in [0.2, 0.25) is 0 Å². The number of aromatic amines is 1. The summed E-state index contributed by atoms with van der Waals surface area (Å²) >= 11 is 0. The van der Waals surface area contributed by atoms with Gasteiger partial charge in [0.25, 0.3) is 11.5 Å². The van der Waals surface area contributed by atoms with Crippen molar-refractivity contribution < 1.29 is 19.1 Å². The number of nitrogens with zero attached hydrogens (tertiary/aromatic N) is 4. The Morgan fingerprint density at radius 2 is 1.95 bits per heavy atom.